The van der Waals surface area contributed by atoms with Crippen LogP contribution in [0.5, 0.6) is 5.75 Å². The Morgan fingerprint density at radius 2 is 1.95 bits per heavy atom. The number of halogens is 1. The van der Waals surface area contributed by atoms with Gasteiger partial charge < -0.3 is 10.1 Å². The van der Waals surface area contributed by atoms with Crippen molar-refractivity contribution in [2.45, 2.75) is 20.1 Å². The lowest BCUT2D eigenvalue weighted by molar-refractivity contribution is 0.297. The van der Waals surface area contributed by atoms with Crippen LogP contribution < -0.4 is 10.1 Å². The van der Waals surface area contributed by atoms with Gasteiger partial charge in [-0.15, -0.1) is 0 Å². The Morgan fingerprint density at radius 3 is 2.68 bits per heavy atom. The number of nitrogens with one attached hydrogen (secondary N) is 1. The number of hydrogen-bond acceptors (Lipinski definition) is 2. The molecule has 0 heterocycles. The van der Waals surface area contributed by atoms with Gasteiger partial charge in [0.2, 0.25) is 0 Å². The molecule has 1 N–H and O–H groups in total. The molecule has 2 aromatic rings. The van der Waals surface area contributed by atoms with E-state index in [0.717, 1.165) is 23.4 Å². The minimum Gasteiger partial charge on any atom is -0.489 e. The standard InChI is InChI=1S/C16H18FNO/c1-12-5-3-4-6-16(12)19-11-14-9-13(10-18-2)7-8-15(14)17/h3-9,18H,10-11H2,1-2H3. The average Bonchev–Trinajstić information content (AvgIpc) is 2.41. The quantitative estimate of drug-likeness (QED) is 0.888. The summed E-state index contributed by atoms with van der Waals surface area (Å²) in [7, 11) is 1.87. The largest absolute Gasteiger partial charge is 0.489 e. The Kier molecular flexibility index (Phi) is 4.53. The summed E-state index contributed by atoms with van der Waals surface area (Å²) in [4.78, 5) is 0. The lowest BCUT2D eigenvalue weighted by atomic mass is 10.1. The zero-order valence-corrected chi connectivity index (χ0v) is 11.2. The highest BCUT2D eigenvalue weighted by atomic mass is 19.1. The fourth-order valence-corrected chi connectivity index (χ4v) is 1.93. The maximum absolute atomic E-state index is 13.7. The van der Waals surface area contributed by atoms with Crippen LogP contribution in [0.3, 0.4) is 0 Å². The SMILES string of the molecule is CNCc1ccc(F)c(COc2ccccc2C)c1. The predicted octanol–water partition coefficient (Wildman–Crippen LogP) is 3.43. The number of para-hydroxylation sites is 1. The molecule has 0 unspecified atom stereocenters. The van der Waals surface area contributed by atoms with Crippen LogP contribution in [0.2, 0.25) is 0 Å². The van der Waals surface area contributed by atoms with Crippen molar-refractivity contribution in [1.29, 1.82) is 0 Å². The highest BCUT2D eigenvalue weighted by Crippen LogP contribution is 2.19. The van der Waals surface area contributed by atoms with Gasteiger partial charge in [-0.2, -0.15) is 0 Å². The molecule has 0 atom stereocenters. The van der Waals surface area contributed by atoms with E-state index in [1.54, 1.807) is 6.07 Å². The van der Waals surface area contributed by atoms with Crippen LogP contribution in [0.15, 0.2) is 42.5 Å². The maximum Gasteiger partial charge on any atom is 0.129 e. The summed E-state index contributed by atoms with van der Waals surface area (Å²) < 4.78 is 19.4. The van der Waals surface area contributed by atoms with Crippen molar-refractivity contribution in [3.05, 3.63) is 65.0 Å². The molecule has 2 aromatic carbocycles. The Balaban J connectivity index is 2.10. The van der Waals surface area contributed by atoms with Crippen LogP contribution in [0.25, 0.3) is 0 Å². The molecule has 0 saturated carbocycles. The minimum atomic E-state index is -0.228. The van der Waals surface area contributed by atoms with Crippen LogP contribution in [0, 0.1) is 12.7 Å². The molecular weight excluding hydrogens is 241 g/mol. The van der Waals surface area contributed by atoms with Gasteiger partial charge in [0.25, 0.3) is 0 Å². The normalized spacial score (nSPS) is 10.5. The molecule has 100 valence electrons. The summed E-state index contributed by atoms with van der Waals surface area (Å²) in [6, 6.07) is 12.8. The first kappa shape index (κ1) is 13.6. The molecule has 0 aliphatic rings. The van der Waals surface area contributed by atoms with Gasteiger partial charge >= 0.3 is 0 Å². The molecule has 0 aromatic heterocycles. The highest BCUT2D eigenvalue weighted by molar-refractivity contribution is 5.32. The van der Waals surface area contributed by atoms with E-state index in [-0.39, 0.29) is 12.4 Å². The summed E-state index contributed by atoms with van der Waals surface area (Å²) in [6.45, 7) is 2.94. The minimum absolute atomic E-state index is 0.228. The molecule has 19 heavy (non-hydrogen) atoms. The Hall–Kier alpha value is -1.87. The van der Waals surface area contributed by atoms with Crippen LogP contribution in [-0.2, 0) is 13.2 Å². The third-order valence-electron chi connectivity index (χ3n) is 2.97. The van der Waals surface area contributed by atoms with E-state index >= 15 is 0 Å². The first-order valence-corrected chi connectivity index (χ1v) is 6.31. The van der Waals surface area contributed by atoms with Crippen molar-refractivity contribution in [1.82, 2.24) is 5.32 Å². The molecule has 0 aliphatic heterocycles. The fraction of sp³-hybridized carbons (Fsp3) is 0.250. The molecule has 0 spiro atoms. The van der Waals surface area contributed by atoms with Crippen molar-refractivity contribution >= 4 is 0 Å². The molecular formula is C16H18FNO. The van der Waals surface area contributed by atoms with E-state index in [4.69, 9.17) is 4.74 Å². The second-order valence-corrected chi connectivity index (χ2v) is 4.51. The number of aryl methyl sites for hydroxylation is 1. The van der Waals surface area contributed by atoms with Crippen molar-refractivity contribution < 1.29 is 9.13 Å². The monoisotopic (exact) mass is 259 g/mol. The molecule has 0 radical (unpaired) electrons. The molecule has 0 aliphatic carbocycles. The van der Waals surface area contributed by atoms with Crippen molar-refractivity contribution in [2.75, 3.05) is 7.05 Å². The van der Waals surface area contributed by atoms with Gasteiger partial charge in [0, 0.05) is 12.1 Å². The van der Waals surface area contributed by atoms with E-state index in [9.17, 15) is 4.39 Å². The van der Waals surface area contributed by atoms with Gasteiger partial charge in [0.05, 0.1) is 0 Å². The first-order chi connectivity index (χ1) is 9.20. The Bertz CT molecular complexity index is 554. The molecule has 2 rings (SSSR count). The maximum atomic E-state index is 13.7. The molecule has 0 fully saturated rings. The summed E-state index contributed by atoms with van der Waals surface area (Å²) in [5.41, 5.74) is 2.68. The van der Waals surface area contributed by atoms with Gasteiger partial charge in [-0.1, -0.05) is 24.3 Å². The van der Waals surface area contributed by atoms with E-state index in [2.05, 4.69) is 5.32 Å². The Morgan fingerprint density at radius 1 is 1.16 bits per heavy atom. The van der Waals surface area contributed by atoms with Crippen LogP contribution >= 0.6 is 0 Å². The second kappa shape index (κ2) is 6.34. The van der Waals surface area contributed by atoms with Crippen molar-refractivity contribution in [3.8, 4) is 5.75 Å². The predicted molar refractivity (Wildman–Crippen MR) is 74.7 cm³/mol. The lowest BCUT2D eigenvalue weighted by Crippen LogP contribution is -2.07. The van der Waals surface area contributed by atoms with E-state index in [1.807, 2.05) is 44.3 Å². The summed E-state index contributed by atoms with van der Waals surface area (Å²) in [6.07, 6.45) is 0. The third-order valence-corrected chi connectivity index (χ3v) is 2.97. The lowest BCUT2D eigenvalue weighted by Gasteiger charge is -2.10. The zero-order valence-electron chi connectivity index (χ0n) is 11.2. The van der Waals surface area contributed by atoms with Crippen molar-refractivity contribution in [2.24, 2.45) is 0 Å². The number of rotatable bonds is 5. The third kappa shape index (κ3) is 3.55. The first-order valence-electron chi connectivity index (χ1n) is 6.31. The molecule has 0 saturated heterocycles. The smallest absolute Gasteiger partial charge is 0.129 e. The van der Waals surface area contributed by atoms with Crippen LogP contribution in [0.4, 0.5) is 4.39 Å². The highest BCUT2D eigenvalue weighted by Gasteiger charge is 2.05. The molecule has 0 bridgehead atoms. The van der Waals surface area contributed by atoms with Gasteiger partial charge in [0.1, 0.15) is 18.2 Å². The number of ether oxygens (including phenoxy) is 1. The summed E-state index contributed by atoms with van der Waals surface area (Å²) in [5.74, 6) is 0.564. The number of benzene rings is 2. The van der Waals surface area contributed by atoms with Crippen LogP contribution in [0.1, 0.15) is 16.7 Å². The topological polar surface area (TPSA) is 21.3 Å². The average molecular weight is 259 g/mol. The summed E-state index contributed by atoms with van der Waals surface area (Å²) >= 11 is 0. The van der Waals surface area contributed by atoms with Gasteiger partial charge in [0.15, 0.2) is 0 Å². The number of hydrogen-bond donors (Lipinski definition) is 1. The van der Waals surface area contributed by atoms with Gasteiger partial charge in [-0.05, 0) is 43.3 Å². The second-order valence-electron chi connectivity index (χ2n) is 4.51. The molecule has 0 amide bonds. The van der Waals surface area contributed by atoms with Crippen LogP contribution in [-0.4, -0.2) is 7.05 Å². The van der Waals surface area contributed by atoms with E-state index in [0.29, 0.717) is 5.56 Å². The molecule has 2 nitrogen and oxygen atoms in total. The molecule has 3 heteroatoms. The fourth-order valence-electron chi connectivity index (χ4n) is 1.93. The van der Waals surface area contributed by atoms with Crippen molar-refractivity contribution in [3.63, 3.8) is 0 Å². The zero-order chi connectivity index (χ0) is 13.7. The van der Waals surface area contributed by atoms with Gasteiger partial charge in [-0.25, -0.2) is 4.39 Å². The summed E-state index contributed by atoms with van der Waals surface area (Å²) in [5, 5.41) is 3.05. The van der Waals surface area contributed by atoms with Gasteiger partial charge in [-0.3, -0.25) is 0 Å². The Labute approximate surface area is 113 Å². The van der Waals surface area contributed by atoms with E-state index < -0.39 is 0 Å². The van der Waals surface area contributed by atoms with E-state index in [1.165, 1.54) is 6.07 Å².